The Kier molecular flexibility index (Phi) is 8.93. The zero-order chi connectivity index (χ0) is 21.3. The third-order valence-electron chi connectivity index (χ3n) is 4.12. The fraction of sp³-hybridized carbons (Fsp3) is 0.300. The molecule has 0 aliphatic rings. The fourth-order valence-electron chi connectivity index (χ4n) is 2.56. The van der Waals surface area contributed by atoms with Gasteiger partial charge in [0.25, 0.3) is 0 Å². The number of halogens is 2. The number of amides is 1. The molecule has 0 fully saturated rings. The van der Waals surface area contributed by atoms with Gasteiger partial charge >= 0.3 is 0 Å². The van der Waals surface area contributed by atoms with Crippen LogP contribution in [0.1, 0.15) is 24.0 Å². The van der Waals surface area contributed by atoms with Gasteiger partial charge in [-0.3, -0.25) is 4.79 Å². The van der Waals surface area contributed by atoms with Gasteiger partial charge < -0.3 is 10.6 Å². The van der Waals surface area contributed by atoms with Crippen LogP contribution in [-0.2, 0) is 21.1 Å². The Hall–Kier alpha value is -2.11. The summed E-state index contributed by atoms with van der Waals surface area (Å²) < 4.78 is 24.6. The lowest BCUT2D eigenvalue weighted by Crippen LogP contribution is -2.28. The number of hydrogen-bond acceptors (Lipinski definition) is 5. The third kappa shape index (κ3) is 7.33. The highest BCUT2D eigenvalue weighted by atomic mass is 35.5. The van der Waals surface area contributed by atoms with Crippen LogP contribution in [0.3, 0.4) is 0 Å². The molecule has 29 heavy (non-hydrogen) atoms. The van der Waals surface area contributed by atoms with Crippen LogP contribution in [0.2, 0.25) is 10.0 Å². The fourth-order valence-corrected chi connectivity index (χ4v) is 4.51. The van der Waals surface area contributed by atoms with E-state index >= 15 is 0 Å². The molecular weight excluding hydrogens is 433 g/mol. The molecule has 0 saturated carbocycles. The minimum atomic E-state index is -3.61. The van der Waals surface area contributed by atoms with Gasteiger partial charge in [0.05, 0.1) is 26.6 Å². The highest BCUT2D eigenvalue weighted by Crippen LogP contribution is 2.29. The van der Waals surface area contributed by atoms with Gasteiger partial charge in [-0.1, -0.05) is 41.4 Å². The lowest BCUT2D eigenvalue weighted by Gasteiger charge is -2.09. The first kappa shape index (κ1) is 23.2. The smallest absolute Gasteiger partial charge is 0.220 e. The lowest BCUT2D eigenvalue weighted by molar-refractivity contribution is -0.121. The van der Waals surface area contributed by atoms with Crippen molar-refractivity contribution in [2.75, 3.05) is 19.0 Å². The quantitative estimate of drug-likeness (QED) is 0.537. The summed E-state index contributed by atoms with van der Waals surface area (Å²) >= 11 is 11.8. The number of rotatable bonds is 10. The number of nitriles is 1. The van der Waals surface area contributed by atoms with Crippen molar-refractivity contribution >= 4 is 38.9 Å². The summed E-state index contributed by atoms with van der Waals surface area (Å²) in [7, 11) is -3.61. The maximum absolute atomic E-state index is 12.3. The van der Waals surface area contributed by atoms with E-state index in [2.05, 4.69) is 16.7 Å². The summed E-state index contributed by atoms with van der Waals surface area (Å²) in [6.07, 6.45) is 1.47. The topological polar surface area (TPSA) is 99.1 Å². The Bertz CT molecular complexity index is 987. The van der Waals surface area contributed by atoms with E-state index in [0.717, 1.165) is 5.56 Å². The second-order valence-electron chi connectivity index (χ2n) is 6.32. The SMILES string of the molecule is N#Cc1ccc(CCNC(=O)CCCNCS(=O)(=O)c2cccc(Cl)c2Cl)cc1. The Morgan fingerprint density at radius 3 is 2.48 bits per heavy atom. The Morgan fingerprint density at radius 1 is 1.07 bits per heavy atom. The molecule has 2 aromatic carbocycles. The first-order chi connectivity index (χ1) is 13.8. The number of nitrogens with zero attached hydrogens (tertiary/aromatic N) is 1. The summed E-state index contributed by atoms with van der Waals surface area (Å²) in [5, 5.41) is 14.6. The summed E-state index contributed by atoms with van der Waals surface area (Å²) in [6, 6.07) is 13.7. The summed E-state index contributed by atoms with van der Waals surface area (Å²) in [5.41, 5.74) is 1.64. The molecule has 154 valence electrons. The van der Waals surface area contributed by atoms with Gasteiger partial charge in [0.15, 0.2) is 9.84 Å². The van der Waals surface area contributed by atoms with Crippen LogP contribution in [0.25, 0.3) is 0 Å². The molecule has 6 nitrogen and oxygen atoms in total. The number of carbonyl (C=O) groups is 1. The van der Waals surface area contributed by atoms with Gasteiger partial charge in [-0.2, -0.15) is 5.26 Å². The maximum atomic E-state index is 12.3. The third-order valence-corrected chi connectivity index (χ3v) is 6.65. The number of carbonyl (C=O) groups excluding carboxylic acids is 1. The Labute approximate surface area is 180 Å². The molecule has 0 saturated heterocycles. The minimum absolute atomic E-state index is 0.0117. The highest BCUT2D eigenvalue weighted by Gasteiger charge is 2.19. The molecule has 2 N–H and O–H groups in total. The summed E-state index contributed by atoms with van der Waals surface area (Å²) in [4.78, 5) is 11.9. The minimum Gasteiger partial charge on any atom is -0.356 e. The molecule has 0 aliphatic carbocycles. The van der Waals surface area contributed by atoms with Crippen LogP contribution >= 0.6 is 23.2 Å². The van der Waals surface area contributed by atoms with E-state index in [9.17, 15) is 13.2 Å². The van der Waals surface area contributed by atoms with Gasteiger partial charge in [-0.25, -0.2) is 8.42 Å². The molecule has 0 spiro atoms. The van der Waals surface area contributed by atoms with Crippen molar-refractivity contribution in [2.24, 2.45) is 0 Å². The second-order valence-corrected chi connectivity index (χ2v) is 9.07. The first-order valence-electron chi connectivity index (χ1n) is 8.96. The molecular formula is C20H21Cl2N3O3S. The van der Waals surface area contributed by atoms with Gasteiger partial charge in [-0.05, 0) is 49.2 Å². The standard InChI is InChI=1S/C20H21Cl2N3O3S/c21-17-3-1-4-18(20(17)22)29(27,28)14-24-11-2-5-19(26)25-12-10-15-6-8-16(13-23)9-7-15/h1,3-4,6-9,24H,2,5,10-12,14H2,(H,25,26). The van der Waals surface area contributed by atoms with Crippen LogP contribution in [0.4, 0.5) is 0 Å². The molecule has 0 aromatic heterocycles. The first-order valence-corrected chi connectivity index (χ1v) is 11.4. The van der Waals surface area contributed by atoms with Crippen LogP contribution in [-0.4, -0.2) is 33.3 Å². The van der Waals surface area contributed by atoms with E-state index in [1.807, 2.05) is 12.1 Å². The van der Waals surface area contributed by atoms with Crippen LogP contribution in [0, 0.1) is 11.3 Å². The van der Waals surface area contributed by atoms with Crippen molar-refractivity contribution in [2.45, 2.75) is 24.2 Å². The number of nitrogens with one attached hydrogen (secondary N) is 2. The summed E-state index contributed by atoms with van der Waals surface area (Å²) in [5.74, 6) is -0.380. The molecule has 0 atom stereocenters. The van der Waals surface area contributed by atoms with E-state index in [1.54, 1.807) is 12.1 Å². The lowest BCUT2D eigenvalue weighted by atomic mass is 10.1. The summed E-state index contributed by atoms with van der Waals surface area (Å²) in [6.45, 7) is 0.875. The maximum Gasteiger partial charge on any atom is 0.220 e. The highest BCUT2D eigenvalue weighted by molar-refractivity contribution is 7.91. The molecule has 0 bridgehead atoms. The average Bonchev–Trinajstić information content (AvgIpc) is 2.70. The van der Waals surface area contributed by atoms with E-state index in [-0.39, 0.29) is 26.7 Å². The molecule has 0 aliphatic heterocycles. The van der Waals surface area contributed by atoms with Crippen LogP contribution in [0.5, 0.6) is 0 Å². The largest absolute Gasteiger partial charge is 0.356 e. The zero-order valence-electron chi connectivity index (χ0n) is 15.6. The van der Waals surface area contributed by atoms with Crippen molar-refractivity contribution < 1.29 is 13.2 Å². The second kappa shape index (κ2) is 11.2. The zero-order valence-corrected chi connectivity index (χ0v) is 17.9. The van der Waals surface area contributed by atoms with E-state index in [4.69, 9.17) is 28.5 Å². The predicted molar refractivity (Wildman–Crippen MR) is 114 cm³/mol. The van der Waals surface area contributed by atoms with Crippen molar-refractivity contribution in [1.82, 2.24) is 10.6 Å². The van der Waals surface area contributed by atoms with Gasteiger partial charge in [0, 0.05) is 13.0 Å². The molecule has 1 amide bonds. The Morgan fingerprint density at radius 2 is 1.79 bits per heavy atom. The number of sulfone groups is 1. The van der Waals surface area contributed by atoms with Crippen molar-refractivity contribution in [3.8, 4) is 6.07 Å². The monoisotopic (exact) mass is 453 g/mol. The van der Waals surface area contributed by atoms with Crippen LogP contribution < -0.4 is 10.6 Å². The molecule has 0 radical (unpaired) electrons. The van der Waals surface area contributed by atoms with Gasteiger partial charge in [0.2, 0.25) is 5.91 Å². The van der Waals surface area contributed by atoms with E-state index in [0.29, 0.717) is 37.9 Å². The van der Waals surface area contributed by atoms with Crippen molar-refractivity contribution in [1.29, 1.82) is 5.26 Å². The van der Waals surface area contributed by atoms with Crippen molar-refractivity contribution in [3.05, 3.63) is 63.6 Å². The van der Waals surface area contributed by atoms with Gasteiger partial charge in [-0.15, -0.1) is 0 Å². The number of hydrogen-bond donors (Lipinski definition) is 2. The Balaban J connectivity index is 1.65. The van der Waals surface area contributed by atoms with E-state index in [1.165, 1.54) is 18.2 Å². The van der Waals surface area contributed by atoms with Crippen molar-refractivity contribution in [3.63, 3.8) is 0 Å². The molecule has 9 heteroatoms. The van der Waals surface area contributed by atoms with E-state index < -0.39 is 9.84 Å². The molecule has 2 rings (SSSR count). The normalized spacial score (nSPS) is 11.1. The average molecular weight is 454 g/mol. The van der Waals surface area contributed by atoms with Crippen LogP contribution in [0.15, 0.2) is 47.4 Å². The van der Waals surface area contributed by atoms with Gasteiger partial charge in [0.1, 0.15) is 5.88 Å². The molecule has 0 heterocycles. The predicted octanol–water partition coefficient (Wildman–Crippen LogP) is 3.32. The number of benzene rings is 2. The molecule has 2 aromatic rings. The molecule has 0 unspecified atom stereocenters.